The van der Waals surface area contributed by atoms with E-state index in [-0.39, 0.29) is 11.5 Å². The van der Waals surface area contributed by atoms with Crippen LogP contribution in [-0.2, 0) is 11.2 Å². The van der Waals surface area contributed by atoms with Gasteiger partial charge in [-0.15, -0.1) is 0 Å². The molecule has 0 atom stereocenters. The highest BCUT2D eigenvalue weighted by Crippen LogP contribution is 2.28. The molecule has 0 heterocycles. The summed E-state index contributed by atoms with van der Waals surface area (Å²) < 4.78 is 5.52. The van der Waals surface area contributed by atoms with E-state index >= 15 is 0 Å². The zero-order valence-electron chi connectivity index (χ0n) is 11.2. The molecular weight excluding hydrogens is 228 g/mol. The standard InChI is InChI=1S/C15H24O3/c1-2-3-4-5-6-11-18-12-10-13-8-7-9-14(16)15(13)17/h7-9,16-17H,2-6,10-12H2,1H3. The maximum Gasteiger partial charge on any atom is 0.160 e. The van der Waals surface area contributed by atoms with E-state index in [9.17, 15) is 10.2 Å². The molecule has 0 spiro atoms. The largest absolute Gasteiger partial charge is 0.504 e. The lowest BCUT2D eigenvalue weighted by Gasteiger charge is -2.07. The van der Waals surface area contributed by atoms with Gasteiger partial charge in [0.1, 0.15) is 0 Å². The second-order valence-corrected chi connectivity index (χ2v) is 4.56. The average molecular weight is 252 g/mol. The molecule has 3 heteroatoms. The third-order valence-electron chi connectivity index (χ3n) is 3.01. The molecule has 0 saturated carbocycles. The van der Waals surface area contributed by atoms with Gasteiger partial charge in [0, 0.05) is 12.2 Å². The van der Waals surface area contributed by atoms with Crippen molar-refractivity contribution in [3.05, 3.63) is 23.8 Å². The lowest BCUT2D eigenvalue weighted by molar-refractivity contribution is 0.132. The normalized spacial score (nSPS) is 10.7. The lowest BCUT2D eigenvalue weighted by Crippen LogP contribution is -2.00. The van der Waals surface area contributed by atoms with Gasteiger partial charge in [0.2, 0.25) is 0 Å². The Morgan fingerprint density at radius 2 is 1.78 bits per heavy atom. The van der Waals surface area contributed by atoms with Crippen LogP contribution in [0.1, 0.15) is 44.6 Å². The summed E-state index contributed by atoms with van der Waals surface area (Å²) >= 11 is 0. The lowest BCUT2D eigenvalue weighted by atomic mass is 10.1. The Hall–Kier alpha value is -1.22. The summed E-state index contributed by atoms with van der Waals surface area (Å²) in [6, 6.07) is 5.02. The molecule has 1 rings (SSSR count). The molecule has 18 heavy (non-hydrogen) atoms. The van der Waals surface area contributed by atoms with Crippen LogP contribution in [0.4, 0.5) is 0 Å². The third kappa shape index (κ3) is 5.41. The van der Waals surface area contributed by atoms with Crippen molar-refractivity contribution in [2.24, 2.45) is 0 Å². The summed E-state index contributed by atoms with van der Waals surface area (Å²) in [5.74, 6) is -0.0869. The fraction of sp³-hybridized carbons (Fsp3) is 0.600. The van der Waals surface area contributed by atoms with Crippen molar-refractivity contribution in [3.8, 4) is 11.5 Å². The minimum absolute atomic E-state index is 0.0240. The molecule has 0 aromatic heterocycles. The summed E-state index contributed by atoms with van der Waals surface area (Å²) in [5, 5.41) is 18.9. The number of phenolic OH excluding ortho intramolecular Hbond substituents is 2. The molecule has 0 aliphatic heterocycles. The van der Waals surface area contributed by atoms with Gasteiger partial charge in [-0.1, -0.05) is 44.7 Å². The van der Waals surface area contributed by atoms with Crippen LogP contribution in [0.15, 0.2) is 18.2 Å². The van der Waals surface area contributed by atoms with Crippen molar-refractivity contribution in [1.82, 2.24) is 0 Å². The topological polar surface area (TPSA) is 49.7 Å². The SMILES string of the molecule is CCCCCCCOCCc1cccc(O)c1O. The predicted octanol–water partition coefficient (Wildman–Crippen LogP) is 3.63. The van der Waals surface area contributed by atoms with Gasteiger partial charge >= 0.3 is 0 Å². The Morgan fingerprint density at radius 3 is 2.56 bits per heavy atom. The first-order chi connectivity index (χ1) is 8.75. The summed E-state index contributed by atoms with van der Waals surface area (Å²) in [5.41, 5.74) is 0.737. The Labute approximate surface area is 109 Å². The fourth-order valence-corrected chi connectivity index (χ4v) is 1.87. The van der Waals surface area contributed by atoms with Crippen molar-refractivity contribution in [3.63, 3.8) is 0 Å². The first-order valence-corrected chi connectivity index (χ1v) is 6.83. The van der Waals surface area contributed by atoms with Crippen LogP contribution in [-0.4, -0.2) is 23.4 Å². The molecule has 102 valence electrons. The molecule has 1 aromatic rings. The van der Waals surface area contributed by atoms with Gasteiger partial charge < -0.3 is 14.9 Å². The average Bonchev–Trinajstić information content (AvgIpc) is 2.37. The second kappa shape index (κ2) is 8.81. The number of hydrogen-bond acceptors (Lipinski definition) is 3. The number of benzene rings is 1. The summed E-state index contributed by atoms with van der Waals surface area (Å²) in [6.45, 7) is 3.58. The van der Waals surface area contributed by atoms with Crippen LogP contribution in [0.3, 0.4) is 0 Å². The second-order valence-electron chi connectivity index (χ2n) is 4.56. The maximum absolute atomic E-state index is 9.59. The summed E-state index contributed by atoms with van der Waals surface area (Å²) in [4.78, 5) is 0. The van der Waals surface area contributed by atoms with Crippen LogP contribution < -0.4 is 0 Å². The fourth-order valence-electron chi connectivity index (χ4n) is 1.87. The molecule has 0 saturated heterocycles. The van der Waals surface area contributed by atoms with Gasteiger partial charge in [0.15, 0.2) is 11.5 Å². The van der Waals surface area contributed by atoms with E-state index in [1.165, 1.54) is 31.7 Å². The highest BCUT2D eigenvalue weighted by atomic mass is 16.5. The number of hydrogen-bond donors (Lipinski definition) is 2. The number of ether oxygens (including phenoxy) is 1. The Bertz CT molecular complexity index is 337. The highest BCUT2D eigenvalue weighted by molar-refractivity contribution is 5.44. The quantitative estimate of drug-likeness (QED) is 0.521. The Kier molecular flexibility index (Phi) is 7.26. The van der Waals surface area contributed by atoms with E-state index in [2.05, 4.69) is 6.92 Å². The van der Waals surface area contributed by atoms with E-state index in [0.717, 1.165) is 18.6 Å². The number of para-hydroxylation sites is 1. The molecule has 0 amide bonds. The van der Waals surface area contributed by atoms with Gasteiger partial charge in [-0.25, -0.2) is 0 Å². The van der Waals surface area contributed by atoms with E-state index in [4.69, 9.17) is 4.74 Å². The van der Waals surface area contributed by atoms with Crippen molar-refractivity contribution in [2.45, 2.75) is 45.4 Å². The molecule has 3 nitrogen and oxygen atoms in total. The van der Waals surface area contributed by atoms with Crippen molar-refractivity contribution >= 4 is 0 Å². The van der Waals surface area contributed by atoms with E-state index in [1.54, 1.807) is 12.1 Å². The Morgan fingerprint density at radius 1 is 1.00 bits per heavy atom. The number of aromatic hydroxyl groups is 2. The zero-order valence-corrected chi connectivity index (χ0v) is 11.2. The van der Waals surface area contributed by atoms with Gasteiger partial charge in [0.25, 0.3) is 0 Å². The van der Waals surface area contributed by atoms with Crippen molar-refractivity contribution < 1.29 is 14.9 Å². The number of unbranched alkanes of at least 4 members (excludes halogenated alkanes) is 4. The van der Waals surface area contributed by atoms with Gasteiger partial charge in [-0.2, -0.15) is 0 Å². The molecule has 0 fully saturated rings. The molecule has 1 aromatic carbocycles. The van der Waals surface area contributed by atoms with Gasteiger partial charge in [-0.3, -0.25) is 0 Å². The monoisotopic (exact) mass is 252 g/mol. The zero-order chi connectivity index (χ0) is 13.2. The molecule has 0 aliphatic rings. The van der Waals surface area contributed by atoms with Gasteiger partial charge in [-0.05, 0) is 18.9 Å². The van der Waals surface area contributed by atoms with E-state index in [0.29, 0.717) is 13.0 Å². The van der Waals surface area contributed by atoms with Crippen LogP contribution in [0.5, 0.6) is 11.5 Å². The minimum Gasteiger partial charge on any atom is -0.504 e. The maximum atomic E-state index is 9.59. The molecule has 0 unspecified atom stereocenters. The summed E-state index contributed by atoms with van der Waals surface area (Å²) in [6.07, 6.45) is 6.81. The van der Waals surface area contributed by atoms with Crippen LogP contribution in [0, 0.1) is 0 Å². The number of phenols is 2. The molecule has 0 aliphatic carbocycles. The Balaban J connectivity index is 2.09. The van der Waals surface area contributed by atoms with Crippen LogP contribution in [0.2, 0.25) is 0 Å². The van der Waals surface area contributed by atoms with Crippen molar-refractivity contribution in [2.75, 3.05) is 13.2 Å². The predicted molar refractivity (Wildman–Crippen MR) is 73.1 cm³/mol. The van der Waals surface area contributed by atoms with Crippen molar-refractivity contribution in [1.29, 1.82) is 0 Å². The smallest absolute Gasteiger partial charge is 0.160 e. The van der Waals surface area contributed by atoms with E-state index in [1.807, 2.05) is 0 Å². The minimum atomic E-state index is -0.0629. The molecule has 0 bridgehead atoms. The molecule has 0 radical (unpaired) electrons. The highest BCUT2D eigenvalue weighted by Gasteiger charge is 2.04. The summed E-state index contributed by atoms with van der Waals surface area (Å²) in [7, 11) is 0. The van der Waals surface area contributed by atoms with Crippen LogP contribution >= 0.6 is 0 Å². The first kappa shape index (κ1) is 14.8. The van der Waals surface area contributed by atoms with Crippen LogP contribution in [0.25, 0.3) is 0 Å². The molecular formula is C15H24O3. The van der Waals surface area contributed by atoms with Gasteiger partial charge in [0.05, 0.1) is 6.61 Å². The number of rotatable bonds is 9. The first-order valence-electron chi connectivity index (χ1n) is 6.83. The van der Waals surface area contributed by atoms with E-state index < -0.39 is 0 Å². The third-order valence-corrected chi connectivity index (χ3v) is 3.01. The molecule has 2 N–H and O–H groups in total.